The molecule has 2 aromatic rings. The molecule has 13 heteroatoms. The number of carbonyl (C=O) groups excluding carboxylic acids is 1. The fraction of sp³-hybridized carbons (Fsp3) is 0.214. The van der Waals surface area contributed by atoms with Crippen molar-refractivity contribution in [3.8, 4) is 11.8 Å². The number of urea groups is 1. The van der Waals surface area contributed by atoms with Crippen LogP contribution in [-0.2, 0) is 15.8 Å². The van der Waals surface area contributed by atoms with Crippen LogP contribution in [0.25, 0.3) is 0 Å². The van der Waals surface area contributed by atoms with Crippen LogP contribution in [0, 0.1) is 10.1 Å². The summed E-state index contributed by atoms with van der Waals surface area (Å²) in [7, 11) is -1.55. The van der Waals surface area contributed by atoms with Crippen LogP contribution in [-0.4, -0.2) is 43.6 Å². The molecule has 0 saturated heterocycles. The summed E-state index contributed by atoms with van der Waals surface area (Å²) < 4.78 is 35.8. The van der Waals surface area contributed by atoms with Crippen molar-refractivity contribution in [1.29, 1.82) is 0 Å². The summed E-state index contributed by atoms with van der Waals surface area (Å²) in [5, 5.41) is 13.1. The normalized spacial score (nSPS) is 10.7. The molecule has 0 atom stereocenters. The molecule has 0 radical (unpaired) electrons. The zero-order valence-corrected chi connectivity index (χ0v) is 15.0. The second-order valence-corrected chi connectivity index (χ2v) is 6.70. The lowest BCUT2D eigenvalue weighted by atomic mass is 10.2. The summed E-state index contributed by atoms with van der Waals surface area (Å²) in [6.45, 7) is 0. The number of nitrogens with zero attached hydrogens (tertiary/aromatic N) is 3. The van der Waals surface area contributed by atoms with Crippen molar-refractivity contribution in [3.05, 3.63) is 46.0 Å². The molecule has 2 amide bonds. The van der Waals surface area contributed by atoms with Gasteiger partial charge in [0.05, 0.1) is 25.2 Å². The SMILES string of the molecule is COc1cc(OC)nc(NC(=O)NS(=O)(=O)Cc2ccccc2[N+](=O)[O-])n1. The molecule has 0 unspecified atom stereocenters. The van der Waals surface area contributed by atoms with Gasteiger partial charge in [-0.1, -0.05) is 18.2 Å². The summed E-state index contributed by atoms with van der Waals surface area (Å²) in [5.74, 6) is -0.857. The quantitative estimate of drug-likeness (QED) is 0.513. The van der Waals surface area contributed by atoms with Gasteiger partial charge in [-0.25, -0.2) is 17.9 Å². The number of para-hydroxylation sites is 1. The molecule has 1 aromatic carbocycles. The first-order valence-corrected chi connectivity index (χ1v) is 8.90. The predicted molar refractivity (Wildman–Crippen MR) is 93.0 cm³/mol. The maximum absolute atomic E-state index is 12.1. The van der Waals surface area contributed by atoms with Gasteiger partial charge in [0.2, 0.25) is 27.7 Å². The summed E-state index contributed by atoms with van der Waals surface area (Å²) in [4.78, 5) is 29.8. The van der Waals surface area contributed by atoms with Crippen LogP contribution in [0.15, 0.2) is 30.3 Å². The summed E-state index contributed by atoms with van der Waals surface area (Å²) in [6, 6.07) is 5.51. The predicted octanol–water partition coefficient (Wildman–Crippen LogP) is 1.05. The van der Waals surface area contributed by atoms with Crippen molar-refractivity contribution < 1.29 is 27.6 Å². The minimum Gasteiger partial charge on any atom is -0.481 e. The Morgan fingerprint density at radius 1 is 1.19 bits per heavy atom. The number of hydrogen-bond donors (Lipinski definition) is 2. The molecular formula is C14H15N5O7S. The van der Waals surface area contributed by atoms with E-state index in [0.717, 1.165) is 0 Å². The van der Waals surface area contributed by atoms with Gasteiger partial charge >= 0.3 is 6.03 Å². The van der Waals surface area contributed by atoms with Crippen LogP contribution in [0.3, 0.4) is 0 Å². The number of anilines is 1. The minimum absolute atomic E-state index is 0.0675. The number of rotatable bonds is 7. The van der Waals surface area contributed by atoms with E-state index < -0.39 is 26.7 Å². The standard InChI is InChI=1S/C14H15N5O7S/c1-25-11-7-12(26-2)16-13(15-11)17-14(20)18-27(23,24)8-9-5-3-4-6-10(9)19(21)22/h3-7H,8H2,1-2H3,(H2,15,16,17,18,20). The first kappa shape index (κ1) is 19.8. The van der Waals surface area contributed by atoms with Gasteiger partial charge in [-0.15, -0.1) is 0 Å². The number of aromatic nitrogens is 2. The maximum Gasteiger partial charge on any atom is 0.335 e. The summed E-state index contributed by atoms with van der Waals surface area (Å²) in [6.07, 6.45) is 0. The van der Waals surface area contributed by atoms with E-state index in [9.17, 15) is 23.3 Å². The summed E-state index contributed by atoms with van der Waals surface area (Å²) >= 11 is 0. The molecule has 0 saturated carbocycles. The lowest BCUT2D eigenvalue weighted by molar-refractivity contribution is -0.385. The molecule has 144 valence electrons. The average Bonchev–Trinajstić information content (AvgIpc) is 2.60. The molecule has 0 aliphatic heterocycles. The zero-order valence-electron chi connectivity index (χ0n) is 14.2. The molecule has 0 aliphatic rings. The van der Waals surface area contributed by atoms with Gasteiger partial charge in [-0.05, 0) is 0 Å². The van der Waals surface area contributed by atoms with E-state index >= 15 is 0 Å². The van der Waals surface area contributed by atoms with Crippen LogP contribution in [0.5, 0.6) is 11.8 Å². The van der Waals surface area contributed by atoms with Crippen LogP contribution < -0.4 is 19.5 Å². The number of nitrogens with one attached hydrogen (secondary N) is 2. The van der Waals surface area contributed by atoms with Crippen molar-refractivity contribution >= 4 is 27.7 Å². The van der Waals surface area contributed by atoms with Crippen molar-refractivity contribution in [2.75, 3.05) is 19.5 Å². The number of sulfonamides is 1. The smallest absolute Gasteiger partial charge is 0.335 e. The average molecular weight is 397 g/mol. The number of methoxy groups -OCH3 is 2. The molecule has 0 fully saturated rings. The highest BCUT2D eigenvalue weighted by Crippen LogP contribution is 2.20. The van der Waals surface area contributed by atoms with Crippen LogP contribution in [0.2, 0.25) is 0 Å². The molecular weight excluding hydrogens is 382 g/mol. The largest absolute Gasteiger partial charge is 0.481 e. The monoisotopic (exact) mass is 397 g/mol. The topological polar surface area (TPSA) is 163 Å². The molecule has 12 nitrogen and oxygen atoms in total. The van der Waals surface area contributed by atoms with Crippen molar-refractivity contribution in [2.45, 2.75) is 5.75 Å². The highest BCUT2D eigenvalue weighted by molar-refractivity contribution is 7.89. The van der Waals surface area contributed by atoms with Gasteiger partial charge in [0.1, 0.15) is 5.75 Å². The lowest BCUT2D eigenvalue weighted by Gasteiger charge is -2.09. The second kappa shape index (κ2) is 8.27. The first-order chi connectivity index (χ1) is 12.7. The Morgan fingerprint density at radius 2 is 1.78 bits per heavy atom. The molecule has 1 aromatic heterocycles. The first-order valence-electron chi connectivity index (χ1n) is 7.25. The van der Waals surface area contributed by atoms with Gasteiger partial charge in [0.15, 0.2) is 0 Å². The number of hydrogen-bond acceptors (Lipinski definition) is 9. The third kappa shape index (κ3) is 5.50. The van der Waals surface area contributed by atoms with Crippen LogP contribution >= 0.6 is 0 Å². The fourth-order valence-corrected chi connectivity index (χ4v) is 3.05. The number of carbonyl (C=O) groups is 1. The van der Waals surface area contributed by atoms with Gasteiger partial charge in [-0.2, -0.15) is 9.97 Å². The molecule has 1 heterocycles. The van der Waals surface area contributed by atoms with E-state index in [2.05, 4.69) is 15.3 Å². The number of benzene rings is 1. The molecule has 0 spiro atoms. The van der Waals surface area contributed by atoms with Gasteiger partial charge in [-0.3, -0.25) is 15.4 Å². The van der Waals surface area contributed by atoms with Crippen molar-refractivity contribution in [1.82, 2.24) is 14.7 Å². The number of nitro groups is 1. The second-order valence-electron chi connectivity index (χ2n) is 4.98. The Hall–Kier alpha value is -3.48. The highest BCUT2D eigenvalue weighted by atomic mass is 32.2. The van der Waals surface area contributed by atoms with Crippen LogP contribution in [0.4, 0.5) is 16.4 Å². The number of ether oxygens (including phenoxy) is 2. The highest BCUT2D eigenvalue weighted by Gasteiger charge is 2.22. The Morgan fingerprint density at radius 3 is 2.33 bits per heavy atom. The maximum atomic E-state index is 12.1. The van der Waals surface area contributed by atoms with E-state index in [0.29, 0.717) is 0 Å². The molecule has 27 heavy (non-hydrogen) atoms. The van der Waals surface area contributed by atoms with Gasteiger partial charge < -0.3 is 9.47 Å². The van der Waals surface area contributed by atoms with E-state index in [1.807, 2.05) is 0 Å². The van der Waals surface area contributed by atoms with E-state index in [-0.39, 0.29) is 29.0 Å². The summed E-state index contributed by atoms with van der Waals surface area (Å²) in [5.41, 5.74) is -0.439. The van der Waals surface area contributed by atoms with Crippen molar-refractivity contribution in [3.63, 3.8) is 0 Å². The molecule has 0 aliphatic carbocycles. The number of nitro benzene ring substituents is 1. The molecule has 2 rings (SSSR count). The third-order valence-electron chi connectivity index (χ3n) is 3.10. The Bertz CT molecular complexity index is 942. The Labute approximate surface area is 153 Å². The fourth-order valence-electron chi connectivity index (χ4n) is 1.99. The van der Waals surface area contributed by atoms with E-state index in [1.165, 1.54) is 44.6 Å². The number of amides is 2. The Balaban J connectivity index is 2.12. The van der Waals surface area contributed by atoms with E-state index in [1.54, 1.807) is 4.72 Å². The third-order valence-corrected chi connectivity index (χ3v) is 4.29. The minimum atomic E-state index is -4.23. The Kier molecular flexibility index (Phi) is 6.07. The van der Waals surface area contributed by atoms with E-state index in [4.69, 9.17) is 9.47 Å². The molecule has 2 N–H and O–H groups in total. The van der Waals surface area contributed by atoms with Crippen molar-refractivity contribution in [2.24, 2.45) is 0 Å². The lowest BCUT2D eigenvalue weighted by Crippen LogP contribution is -2.35. The molecule has 0 bridgehead atoms. The van der Waals surface area contributed by atoms with Gasteiger partial charge in [0, 0.05) is 11.6 Å². The zero-order chi connectivity index (χ0) is 20.0. The van der Waals surface area contributed by atoms with Crippen LogP contribution in [0.1, 0.15) is 5.56 Å². The van der Waals surface area contributed by atoms with Gasteiger partial charge in [0.25, 0.3) is 5.69 Å².